The van der Waals surface area contributed by atoms with Crippen LogP contribution in [-0.2, 0) is 10.0 Å². The van der Waals surface area contributed by atoms with Crippen LogP contribution in [0.3, 0.4) is 0 Å². The number of nitrogens with zero attached hydrogens (tertiary/aromatic N) is 2. The Hall–Kier alpha value is -1.13. The Kier molecular flexibility index (Phi) is 5.72. The fourth-order valence-electron chi connectivity index (χ4n) is 4.77. The van der Waals surface area contributed by atoms with E-state index in [0.717, 1.165) is 55.8 Å². The van der Waals surface area contributed by atoms with Crippen LogP contribution >= 0.6 is 34.5 Å². The van der Waals surface area contributed by atoms with Gasteiger partial charge in [0.2, 0.25) is 0 Å². The summed E-state index contributed by atoms with van der Waals surface area (Å²) < 4.78 is 42.4. The van der Waals surface area contributed by atoms with Crippen molar-refractivity contribution in [2.45, 2.75) is 43.5 Å². The molecule has 0 unspecified atom stereocenters. The molecular formula is C19H23Cl2FN4O2S2. The third-order valence-corrected chi connectivity index (χ3v) is 8.61. The normalized spacial score (nSPS) is 23.5. The van der Waals surface area contributed by atoms with Crippen molar-refractivity contribution < 1.29 is 12.8 Å². The van der Waals surface area contributed by atoms with E-state index in [4.69, 9.17) is 23.2 Å². The number of halogens is 3. The van der Waals surface area contributed by atoms with Crippen LogP contribution in [0.25, 0.3) is 0 Å². The summed E-state index contributed by atoms with van der Waals surface area (Å²) in [6.45, 7) is 7.28. The highest BCUT2D eigenvalue weighted by Crippen LogP contribution is 2.47. The van der Waals surface area contributed by atoms with Crippen LogP contribution in [0.15, 0.2) is 23.2 Å². The molecule has 2 aliphatic heterocycles. The fraction of sp³-hybridized carbons (Fsp3) is 0.526. The molecule has 0 aliphatic carbocycles. The van der Waals surface area contributed by atoms with E-state index in [2.05, 4.69) is 33.8 Å². The average Bonchev–Trinajstić information content (AvgIpc) is 3.26. The number of nitrogens with one attached hydrogen (secondary N) is 2. The van der Waals surface area contributed by atoms with Gasteiger partial charge in [0.15, 0.2) is 5.13 Å². The summed E-state index contributed by atoms with van der Waals surface area (Å²) in [6.07, 6.45) is 4.59. The van der Waals surface area contributed by atoms with Crippen molar-refractivity contribution in [3.05, 3.63) is 33.5 Å². The van der Waals surface area contributed by atoms with Crippen molar-refractivity contribution in [2.75, 3.05) is 29.7 Å². The number of hydrogen-bond acceptors (Lipinski definition) is 6. The predicted molar refractivity (Wildman–Crippen MR) is 120 cm³/mol. The van der Waals surface area contributed by atoms with Gasteiger partial charge in [0.1, 0.15) is 15.0 Å². The highest BCUT2D eigenvalue weighted by Gasteiger charge is 2.51. The number of hydrogen-bond donors (Lipinski definition) is 2. The molecule has 3 heterocycles. The molecular weight excluding hydrogens is 470 g/mol. The van der Waals surface area contributed by atoms with Gasteiger partial charge < -0.3 is 5.32 Å². The first kappa shape index (κ1) is 22.1. The summed E-state index contributed by atoms with van der Waals surface area (Å²) in [7, 11) is -4.19. The third kappa shape index (κ3) is 4.27. The molecule has 0 bridgehead atoms. The van der Waals surface area contributed by atoms with Crippen molar-refractivity contribution in [2.24, 2.45) is 5.41 Å². The molecule has 30 heavy (non-hydrogen) atoms. The summed E-state index contributed by atoms with van der Waals surface area (Å²) in [5.74, 6) is -0.885. The molecule has 6 nitrogen and oxygen atoms in total. The van der Waals surface area contributed by atoms with Gasteiger partial charge in [0, 0.05) is 18.6 Å². The molecule has 11 heteroatoms. The van der Waals surface area contributed by atoms with Crippen LogP contribution < -0.4 is 10.0 Å². The van der Waals surface area contributed by atoms with Crippen LogP contribution in [0, 0.1) is 11.2 Å². The molecule has 164 valence electrons. The number of rotatable bonds is 6. The third-order valence-electron chi connectivity index (χ3n) is 5.79. The van der Waals surface area contributed by atoms with E-state index in [1.807, 2.05) is 0 Å². The van der Waals surface area contributed by atoms with E-state index in [1.54, 1.807) is 0 Å². The summed E-state index contributed by atoms with van der Waals surface area (Å²) in [4.78, 5) is 5.81. The Morgan fingerprint density at radius 3 is 2.80 bits per heavy atom. The minimum Gasteiger partial charge on any atom is -0.382 e. The number of fused-ring (bicyclic) bond motifs is 1. The smallest absolute Gasteiger partial charge is 0.266 e. The van der Waals surface area contributed by atoms with Gasteiger partial charge in [-0.05, 0) is 43.4 Å². The van der Waals surface area contributed by atoms with Gasteiger partial charge >= 0.3 is 0 Å². The molecule has 2 N–H and O–H groups in total. The Morgan fingerprint density at radius 1 is 1.33 bits per heavy atom. The molecule has 0 saturated carbocycles. The van der Waals surface area contributed by atoms with Gasteiger partial charge in [-0.15, -0.1) is 0 Å². The lowest BCUT2D eigenvalue weighted by Crippen LogP contribution is -2.44. The van der Waals surface area contributed by atoms with Crippen LogP contribution in [0.2, 0.25) is 9.36 Å². The summed E-state index contributed by atoms with van der Waals surface area (Å²) >= 11 is 13.0. The molecule has 0 amide bonds. The molecule has 1 atom stereocenters. The van der Waals surface area contributed by atoms with Crippen molar-refractivity contribution in [3.8, 4) is 0 Å². The van der Waals surface area contributed by atoms with Crippen molar-refractivity contribution in [1.82, 2.24) is 9.88 Å². The molecule has 1 aromatic heterocycles. The van der Waals surface area contributed by atoms with Crippen LogP contribution in [0.5, 0.6) is 0 Å². The van der Waals surface area contributed by atoms with Gasteiger partial charge in [-0.3, -0.25) is 9.62 Å². The molecule has 4 rings (SSSR count). The van der Waals surface area contributed by atoms with Gasteiger partial charge in [0.05, 0.1) is 16.9 Å². The van der Waals surface area contributed by atoms with E-state index in [9.17, 15) is 12.8 Å². The lowest BCUT2D eigenvalue weighted by Gasteiger charge is -2.33. The van der Waals surface area contributed by atoms with E-state index in [1.165, 1.54) is 6.20 Å². The Labute approximate surface area is 189 Å². The second kappa shape index (κ2) is 7.78. The van der Waals surface area contributed by atoms with Gasteiger partial charge in [-0.25, -0.2) is 17.8 Å². The quantitative estimate of drug-likeness (QED) is 0.588. The summed E-state index contributed by atoms with van der Waals surface area (Å²) in [5.41, 5.74) is 0.649. The monoisotopic (exact) mass is 492 g/mol. The standard InChI is InChI=1S/C19H23Cl2FN4O2S2/c1-18(2)9-19(4-3-5-26(19)11-18)10-24-14-7-13(22)15(6-12(14)20)30(27,28)25-17-23-8-16(21)29-17/h6-8,24H,3-5,9-11H2,1-2H3,(H,23,25)/t19-/m1/s1. The van der Waals surface area contributed by atoms with E-state index < -0.39 is 20.7 Å². The predicted octanol–water partition coefficient (Wildman–Crippen LogP) is 5.07. The first-order valence-electron chi connectivity index (χ1n) is 9.62. The lowest BCUT2D eigenvalue weighted by molar-refractivity contribution is 0.209. The first-order chi connectivity index (χ1) is 14.0. The molecule has 2 saturated heterocycles. The van der Waals surface area contributed by atoms with Crippen molar-refractivity contribution >= 4 is 55.4 Å². The fourth-order valence-corrected chi connectivity index (χ4v) is 7.20. The molecule has 0 radical (unpaired) electrons. The largest absolute Gasteiger partial charge is 0.382 e. The van der Waals surface area contributed by atoms with Gasteiger partial charge in [-0.2, -0.15) is 0 Å². The average molecular weight is 493 g/mol. The SMILES string of the molecule is CC1(C)CN2CCC[C@]2(CNc2cc(F)c(S(=O)(=O)Nc3ncc(Cl)s3)cc2Cl)C1. The van der Waals surface area contributed by atoms with Crippen LogP contribution in [0.4, 0.5) is 15.2 Å². The molecule has 2 aromatic rings. The maximum Gasteiger partial charge on any atom is 0.266 e. The zero-order chi connectivity index (χ0) is 21.7. The number of benzene rings is 1. The van der Waals surface area contributed by atoms with E-state index >= 15 is 0 Å². The zero-order valence-electron chi connectivity index (χ0n) is 16.6. The number of anilines is 2. The van der Waals surface area contributed by atoms with Crippen molar-refractivity contribution in [3.63, 3.8) is 0 Å². The lowest BCUT2D eigenvalue weighted by atomic mass is 9.82. The van der Waals surface area contributed by atoms with Crippen LogP contribution in [-0.4, -0.2) is 43.5 Å². The van der Waals surface area contributed by atoms with Crippen molar-refractivity contribution in [1.29, 1.82) is 0 Å². The topological polar surface area (TPSA) is 74.3 Å². The van der Waals surface area contributed by atoms with Gasteiger partial charge in [-0.1, -0.05) is 48.4 Å². The van der Waals surface area contributed by atoms with E-state index in [-0.39, 0.29) is 21.1 Å². The number of aromatic nitrogens is 1. The molecule has 0 spiro atoms. The molecule has 1 aromatic carbocycles. The maximum atomic E-state index is 14.8. The Balaban J connectivity index is 1.53. The molecule has 2 aliphatic rings. The first-order valence-corrected chi connectivity index (χ1v) is 12.7. The number of thiazole rings is 1. The van der Waals surface area contributed by atoms with E-state index in [0.29, 0.717) is 16.6 Å². The zero-order valence-corrected chi connectivity index (χ0v) is 19.8. The maximum absolute atomic E-state index is 14.8. The Bertz CT molecular complexity index is 1080. The second-order valence-electron chi connectivity index (χ2n) is 8.78. The minimum absolute atomic E-state index is 0.0275. The minimum atomic E-state index is -4.19. The van der Waals surface area contributed by atoms with Gasteiger partial charge in [0.25, 0.3) is 10.0 Å². The second-order valence-corrected chi connectivity index (χ2v) is 12.5. The highest BCUT2D eigenvalue weighted by molar-refractivity contribution is 7.93. The number of sulfonamides is 1. The Morgan fingerprint density at radius 2 is 2.10 bits per heavy atom. The summed E-state index contributed by atoms with van der Waals surface area (Å²) in [5, 5.41) is 3.47. The molecule has 2 fully saturated rings. The van der Waals surface area contributed by atoms with Crippen LogP contribution in [0.1, 0.15) is 33.1 Å². The summed E-state index contributed by atoms with van der Waals surface area (Å²) in [6, 6.07) is 2.27. The highest BCUT2D eigenvalue weighted by atomic mass is 35.5.